The molecule has 2 fully saturated rings. The second-order valence-corrected chi connectivity index (χ2v) is 8.30. The van der Waals surface area contributed by atoms with Crippen LogP contribution in [0, 0.1) is 0 Å². The van der Waals surface area contributed by atoms with Crippen LogP contribution >= 0.6 is 0 Å². The third kappa shape index (κ3) is 3.84. The molecule has 0 aliphatic carbocycles. The van der Waals surface area contributed by atoms with Crippen molar-refractivity contribution in [3.63, 3.8) is 0 Å². The molecule has 1 atom stereocenters. The molecule has 0 saturated carbocycles. The molecule has 0 unspecified atom stereocenters. The van der Waals surface area contributed by atoms with Crippen molar-refractivity contribution in [2.75, 3.05) is 45.0 Å². The fraction of sp³-hybridized carbons (Fsp3) is 0.391. The number of piperazine rings is 1. The van der Waals surface area contributed by atoms with Crippen LogP contribution in [0.1, 0.15) is 12.0 Å². The number of carbonyl (C=O) groups is 2. The molecule has 2 saturated heterocycles. The van der Waals surface area contributed by atoms with Crippen molar-refractivity contribution in [1.82, 2.24) is 0 Å². The zero-order valence-corrected chi connectivity index (χ0v) is 17.6. The van der Waals surface area contributed by atoms with Crippen LogP contribution in [0.5, 0.6) is 17.2 Å². The first-order valence-electron chi connectivity index (χ1n) is 10.7. The number of benzene rings is 2. The Hall–Kier alpha value is -3.10. The minimum atomic E-state index is -0.300. The summed E-state index contributed by atoms with van der Waals surface area (Å²) in [6.45, 7) is 4.86. The maximum atomic E-state index is 13.1. The van der Waals surface area contributed by atoms with Crippen molar-refractivity contribution in [2.24, 2.45) is 0 Å². The Labute approximate surface area is 180 Å². The number of anilines is 1. The number of amides is 2. The summed E-state index contributed by atoms with van der Waals surface area (Å²) in [5, 5.41) is 0. The molecule has 0 aromatic heterocycles. The van der Waals surface area contributed by atoms with Crippen LogP contribution in [-0.2, 0) is 16.1 Å². The lowest BCUT2D eigenvalue weighted by atomic mass is 10.1. The van der Waals surface area contributed by atoms with Crippen molar-refractivity contribution >= 4 is 17.5 Å². The van der Waals surface area contributed by atoms with E-state index in [1.807, 2.05) is 6.07 Å². The van der Waals surface area contributed by atoms with Crippen LogP contribution in [-0.4, -0.2) is 57.9 Å². The number of imide groups is 1. The molecule has 5 rings (SSSR count). The minimum Gasteiger partial charge on any atom is -0.497 e. The summed E-state index contributed by atoms with van der Waals surface area (Å²) in [4.78, 5) is 29.8. The first-order chi connectivity index (χ1) is 15.1. The average Bonchev–Trinajstić information content (AvgIpc) is 3.37. The van der Waals surface area contributed by atoms with Crippen LogP contribution < -0.4 is 28.9 Å². The van der Waals surface area contributed by atoms with Crippen LogP contribution in [0.25, 0.3) is 0 Å². The normalized spacial score (nSPS) is 25.2. The van der Waals surface area contributed by atoms with E-state index in [1.165, 1.54) is 20.3 Å². The van der Waals surface area contributed by atoms with E-state index < -0.39 is 0 Å². The van der Waals surface area contributed by atoms with Gasteiger partial charge in [-0.15, -0.1) is 0 Å². The molecule has 2 aromatic carbocycles. The van der Waals surface area contributed by atoms with Crippen molar-refractivity contribution < 1.29 is 33.6 Å². The standard InChI is InChI=1S/C23H25N3O5/c1-29-18-4-2-3-17(12-18)26-22(27)13-19(23(26)28)25-9-7-24(8-10-25)14-16-5-6-20-21(11-16)31-15-30-20/h2-6,11-12,19H,7-10,13-15H2,1H3/p+2/t19-/m0/s1. The fourth-order valence-corrected chi connectivity index (χ4v) is 4.76. The lowest BCUT2D eigenvalue weighted by Crippen LogP contribution is -3.29. The Morgan fingerprint density at radius 1 is 1.03 bits per heavy atom. The van der Waals surface area contributed by atoms with Gasteiger partial charge >= 0.3 is 0 Å². The number of rotatable bonds is 5. The summed E-state index contributed by atoms with van der Waals surface area (Å²) in [7, 11) is 1.57. The minimum absolute atomic E-state index is 0.104. The predicted molar refractivity (Wildman–Crippen MR) is 112 cm³/mol. The largest absolute Gasteiger partial charge is 0.497 e. The Morgan fingerprint density at radius 2 is 1.84 bits per heavy atom. The second kappa shape index (κ2) is 8.20. The highest BCUT2D eigenvalue weighted by Gasteiger charge is 2.47. The first kappa shape index (κ1) is 19.8. The van der Waals surface area contributed by atoms with E-state index in [1.54, 1.807) is 31.4 Å². The molecule has 162 valence electrons. The quantitative estimate of drug-likeness (QED) is 0.604. The summed E-state index contributed by atoms with van der Waals surface area (Å²) in [6.07, 6.45) is 0.267. The topological polar surface area (TPSA) is 73.9 Å². The summed E-state index contributed by atoms with van der Waals surface area (Å²) in [5.41, 5.74) is 1.81. The molecule has 8 heteroatoms. The summed E-state index contributed by atoms with van der Waals surface area (Å²) < 4.78 is 16.1. The number of ether oxygens (including phenoxy) is 3. The number of fused-ring (bicyclic) bond motifs is 1. The molecule has 0 bridgehead atoms. The van der Waals surface area contributed by atoms with Gasteiger partial charge in [-0.3, -0.25) is 9.59 Å². The van der Waals surface area contributed by atoms with Gasteiger partial charge in [0, 0.05) is 11.6 Å². The molecule has 8 nitrogen and oxygen atoms in total. The van der Waals surface area contributed by atoms with Gasteiger partial charge in [0.25, 0.3) is 5.91 Å². The van der Waals surface area contributed by atoms with Gasteiger partial charge in [-0.05, 0) is 30.3 Å². The van der Waals surface area contributed by atoms with Gasteiger partial charge in [0.15, 0.2) is 17.5 Å². The maximum absolute atomic E-state index is 13.1. The Balaban J connectivity index is 1.20. The summed E-state index contributed by atoms with van der Waals surface area (Å²) >= 11 is 0. The number of quaternary nitrogens is 2. The van der Waals surface area contributed by atoms with E-state index >= 15 is 0 Å². The summed E-state index contributed by atoms with van der Waals surface area (Å²) in [6, 6.07) is 12.9. The zero-order chi connectivity index (χ0) is 21.4. The Bertz CT molecular complexity index is 1000. The van der Waals surface area contributed by atoms with E-state index in [9.17, 15) is 9.59 Å². The van der Waals surface area contributed by atoms with Gasteiger partial charge in [-0.2, -0.15) is 0 Å². The predicted octanol–water partition coefficient (Wildman–Crippen LogP) is -0.961. The van der Waals surface area contributed by atoms with Gasteiger partial charge in [-0.1, -0.05) is 6.07 Å². The molecule has 2 aromatic rings. The Kier molecular flexibility index (Phi) is 5.25. The zero-order valence-electron chi connectivity index (χ0n) is 17.6. The fourth-order valence-electron chi connectivity index (χ4n) is 4.76. The van der Waals surface area contributed by atoms with E-state index in [0.29, 0.717) is 11.4 Å². The van der Waals surface area contributed by atoms with Crippen molar-refractivity contribution in [1.29, 1.82) is 0 Å². The van der Waals surface area contributed by atoms with Crippen molar-refractivity contribution in [3.05, 3.63) is 48.0 Å². The molecule has 3 aliphatic heterocycles. The van der Waals surface area contributed by atoms with Gasteiger partial charge in [-0.25, -0.2) is 4.90 Å². The van der Waals surface area contributed by atoms with E-state index in [0.717, 1.165) is 44.2 Å². The highest BCUT2D eigenvalue weighted by Crippen LogP contribution is 2.32. The second-order valence-electron chi connectivity index (χ2n) is 8.30. The van der Waals surface area contributed by atoms with E-state index in [2.05, 4.69) is 12.1 Å². The van der Waals surface area contributed by atoms with E-state index in [4.69, 9.17) is 14.2 Å². The van der Waals surface area contributed by atoms with Gasteiger partial charge in [0.05, 0.1) is 19.2 Å². The number of carbonyl (C=O) groups excluding carboxylic acids is 2. The summed E-state index contributed by atoms with van der Waals surface area (Å²) in [5.74, 6) is 2.01. The molecular formula is C23H27N3O5+2. The van der Waals surface area contributed by atoms with Crippen LogP contribution in [0.4, 0.5) is 5.69 Å². The maximum Gasteiger partial charge on any atom is 0.292 e. The molecule has 3 aliphatic rings. The SMILES string of the molecule is COc1cccc(N2C(=O)C[C@H]([NH+]3CC[NH+](Cc4ccc5c(c4)OCO5)CC3)C2=O)c1. The lowest BCUT2D eigenvalue weighted by Gasteiger charge is -2.32. The van der Waals surface area contributed by atoms with Crippen LogP contribution in [0.15, 0.2) is 42.5 Å². The number of methoxy groups -OCH3 is 1. The van der Waals surface area contributed by atoms with Crippen molar-refractivity contribution in [3.8, 4) is 17.2 Å². The van der Waals surface area contributed by atoms with Crippen molar-refractivity contribution in [2.45, 2.75) is 19.0 Å². The van der Waals surface area contributed by atoms with Gasteiger partial charge in [0.2, 0.25) is 12.7 Å². The average molecular weight is 425 g/mol. The highest BCUT2D eigenvalue weighted by atomic mass is 16.7. The number of hydrogen-bond acceptors (Lipinski definition) is 5. The van der Waals surface area contributed by atoms with Crippen LogP contribution in [0.2, 0.25) is 0 Å². The lowest BCUT2D eigenvalue weighted by molar-refractivity contribution is -1.02. The third-order valence-corrected chi connectivity index (χ3v) is 6.44. The molecule has 2 N–H and O–H groups in total. The first-order valence-corrected chi connectivity index (χ1v) is 10.7. The number of nitrogens with one attached hydrogen (secondary N) is 2. The highest BCUT2D eigenvalue weighted by molar-refractivity contribution is 6.21. The van der Waals surface area contributed by atoms with Gasteiger partial charge < -0.3 is 24.0 Å². The molecule has 31 heavy (non-hydrogen) atoms. The monoisotopic (exact) mass is 425 g/mol. The molecule has 2 amide bonds. The molecule has 3 heterocycles. The molecule has 0 spiro atoms. The molecule has 0 radical (unpaired) electrons. The number of nitrogens with zero attached hydrogens (tertiary/aromatic N) is 1. The van der Waals surface area contributed by atoms with Crippen LogP contribution in [0.3, 0.4) is 0 Å². The van der Waals surface area contributed by atoms with E-state index in [-0.39, 0.29) is 31.1 Å². The number of hydrogen-bond donors (Lipinski definition) is 2. The Morgan fingerprint density at radius 3 is 2.65 bits per heavy atom. The smallest absolute Gasteiger partial charge is 0.292 e. The molecular weight excluding hydrogens is 398 g/mol. The third-order valence-electron chi connectivity index (χ3n) is 6.44. The van der Waals surface area contributed by atoms with Gasteiger partial charge in [0.1, 0.15) is 38.5 Å².